The molecule has 194 valence electrons. The van der Waals surface area contributed by atoms with Gasteiger partial charge in [0.15, 0.2) is 6.61 Å². The van der Waals surface area contributed by atoms with Crippen LogP contribution in [0.2, 0.25) is 0 Å². The molecule has 1 unspecified atom stereocenters. The van der Waals surface area contributed by atoms with Crippen molar-refractivity contribution in [1.82, 2.24) is 0 Å². The number of carbonyl (C=O) groups is 3. The van der Waals surface area contributed by atoms with E-state index in [0.29, 0.717) is 17.1 Å². The van der Waals surface area contributed by atoms with Gasteiger partial charge in [0.05, 0.1) is 6.26 Å². The Morgan fingerprint density at radius 1 is 0.868 bits per heavy atom. The molecule has 0 aromatic heterocycles. The summed E-state index contributed by atoms with van der Waals surface area (Å²) in [6, 6.07) is 18.6. The largest absolute Gasteiger partial charge is 0.490 e. The molecular formula is C30H26O7S. The molecule has 0 bridgehead atoms. The summed E-state index contributed by atoms with van der Waals surface area (Å²) in [5.74, 6) is 0.238. The van der Waals surface area contributed by atoms with Gasteiger partial charge in [0.1, 0.15) is 24.7 Å². The van der Waals surface area contributed by atoms with Crippen molar-refractivity contribution in [3.8, 4) is 22.6 Å². The van der Waals surface area contributed by atoms with E-state index in [2.05, 4.69) is 24.8 Å². The summed E-state index contributed by atoms with van der Waals surface area (Å²) in [4.78, 5) is 36.4. The Labute approximate surface area is 225 Å². The lowest BCUT2D eigenvalue weighted by atomic mass is 9.99. The van der Waals surface area contributed by atoms with Crippen LogP contribution >= 0.6 is 11.8 Å². The fraction of sp³-hybridized carbons (Fsp3) is 0.167. The van der Waals surface area contributed by atoms with E-state index in [9.17, 15) is 14.4 Å². The van der Waals surface area contributed by atoms with Crippen molar-refractivity contribution in [2.24, 2.45) is 0 Å². The standard InChI is InChI=1S/C30H26O7S/c1-4-28(31)36-15-14-35-21-8-6-20(7-9-21)30(33)38-23-11-13-25-24-12-10-22(37-18-29(32)34-5-2)16-26(24)19(3)27(25)17-23/h4-13,16-17,19H,1-2,14-15,18H2,3H3. The number of hydrogen-bond acceptors (Lipinski definition) is 8. The molecule has 0 amide bonds. The highest BCUT2D eigenvalue weighted by atomic mass is 32.2. The molecule has 4 rings (SSSR count). The Balaban J connectivity index is 1.37. The van der Waals surface area contributed by atoms with Crippen LogP contribution in [0.5, 0.6) is 11.5 Å². The first-order valence-corrected chi connectivity index (χ1v) is 12.7. The molecule has 8 heteroatoms. The summed E-state index contributed by atoms with van der Waals surface area (Å²) in [6.45, 7) is 8.91. The number of fused-ring (bicyclic) bond motifs is 3. The van der Waals surface area contributed by atoms with E-state index in [1.165, 1.54) is 0 Å². The van der Waals surface area contributed by atoms with E-state index < -0.39 is 11.9 Å². The van der Waals surface area contributed by atoms with Gasteiger partial charge < -0.3 is 18.9 Å². The van der Waals surface area contributed by atoms with E-state index in [0.717, 1.165) is 51.2 Å². The molecule has 0 aliphatic heterocycles. The number of hydrogen-bond donors (Lipinski definition) is 0. The van der Waals surface area contributed by atoms with Gasteiger partial charge in [-0.25, -0.2) is 9.59 Å². The predicted octanol–water partition coefficient (Wildman–Crippen LogP) is 5.92. The van der Waals surface area contributed by atoms with E-state index in [4.69, 9.17) is 14.2 Å². The molecule has 1 aliphatic rings. The van der Waals surface area contributed by atoms with Crippen molar-refractivity contribution in [3.63, 3.8) is 0 Å². The summed E-state index contributed by atoms with van der Waals surface area (Å²) >= 11 is 1.16. The second kappa shape index (κ2) is 12.3. The quantitative estimate of drug-likeness (QED) is 0.0992. The SMILES string of the molecule is C=COC(=O)COc1ccc2c(c1)C(C)c1cc(SC(=O)c3ccc(OCCOC(=O)C=C)cc3)ccc1-2. The van der Waals surface area contributed by atoms with Gasteiger partial charge in [-0.2, -0.15) is 0 Å². The van der Waals surface area contributed by atoms with Gasteiger partial charge >= 0.3 is 11.9 Å². The van der Waals surface area contributed by atoms with E-state index in [1.54, 1.807) is 24.3 Å². The zero-order valence-electron chi connectivity index (χ0n) is 20.8. The number of benzene rings is 3. The number of rotatable bonds is 11. The van der Waals surface area contributed by atoms with Crippen molar-refractivity contribution < 1.29 is 33.3 Å². The van der Waals surface area contributed by atoms with Gasteiger partial charge in [0.25, 0.3) is 0 Å². The van der Waals surface area contributed by atoms with Crippen LogP contribution in [0.15, 0.2) is 91.1 Å². The molecule has 0 spiro atoms. The normalized spacial score (nSPS) is 13.0. The first-order valence-electron chi connectivity index (χ1n) is 11.8. The van der Waals surface area contributed by atoms with Crippen molar-refractivity contribution in [1.29, 1.82) is 0 Å². The Bertz CT molecular complexity index is 1380. The maximum atomic E-state index is 12.9. The highest BCUT2D eigenvalue weighted by Crippen LogP contribution is 2.47. The van der Waals surface area contributed by atoms with Gasteiger partial charge in [0, 0.05) is 22.5 Å². The van der Waals surface area contributed by atoms with Crippen LogP contribution in [-0.4, -0.2) is 36.9 Å². The maximum Gasteiger partial charge on any atom is 0.348 e. The van der Waals surface area contributed by atoms with Crippen LogP contribution in [0, 0.1) is 0 Å². The number of esters is 2. The minimum Gasteiger partial charge on any atom is -0.490 e. The number of carbonyl (C=O) groups excluding carboxylic acids is 3. The summed E-state index contributed by atoms with van der Waals surface area (Å²) < 4.78 is 20.6. The van der Waals surface area contributed by atoms with Gasteiger partial charge in [-0.1, -0.05) is 32.2 Å². The zero-order valence-corrected chi connectivity index (χ0v) is 21.6. The van der Waals surface area contributed by atoms with Crippen LogP contribution < -0.4 is 9.47 Å². The topological polar surface area (TPSA) is 88.1 Å². The Kier molecular flexibility index (Phi) is 8.66. The van der Waals surface area contributed by atoms with Crippen molar-refractivity contribution >= 4 is 28.8 Å². The first-order chi connectivity index (χ1) is 18.4. The molecule has 0 radical (unpaired) electrons. The number of thioether (sulfide) groups is 1. The van der Waals surface area contributed by atoms with Crippen LogP contribution in [0.1, 0.15) is 34.3 Å². The molecule has 0 fully saturated rings. The fourth-order valence-corrected chi connectivity index (χ4v) is 4.88. The molecule has 1 aliphatic carbocycles. The molecule has 3 aromatic rings. The average Bonchev–Trinajstić information content (AvgIpc) is 3.20. The lowest BCUT2D eigenvalue weighted by Gasteiger charge is -2.10. The minimum absolute atomic E-state index is 0.0818. The van der Waals surface area contributed by atoms with Crippen LogP contribution in [-0.2, 0) is 19.1 Å². The van der Waals surface area contributed by atoms with Gasteiger partial charge in [-0.15, -0.1) is 0 Å². The molecule has 0 saturated carbocycles. The third-order valence-electron chi connectivity index (χ3n) is 5.90. The molecular weight excluding hydrogens is 504 g/mol. The maximum absolute atomic E-state index is 12.9. The predicted molar refractivity (Wildman–Crippen MR) is 144 cm³/mol. The minimum atomic E-state index is -0.517. The summed E-state index contributed by atoms with van der Waals surface area (Å²) in [7, 11) is 0. The van der Waals surface area contributed by atoms with Crippen molar-refractivity contribution in [2.75, 3.05) is 19.8 Å². The Morgan fingerprint density at radius 2 is 1.55 bits per heavy atom. The second-order valence-corrected chi connectivity index (χ2v) is 9.35. The van der Waals surface area contributed by atoms with E-state index in [-0.39, 0.29) is 30.9 Å². The van der Waals surface area contributed by atoms with E-state index >= 15 is 0 Å². The van der Waals surface area contributed by atoms with Crippen LogP contribution in [0.4, 0.5) is 0 Å². The van der Waals surface area contributed by atoms with Crippen LogP contribution in [0.3, 0.4) is 0 Å². The smallest absolute Gasteiger partial charge is 0.348 e. The van der Waals surface area contributed by atoms with Crippen molar-refractivity contribution in [2.45, 2.75) is 17.7 Å². The molecule has 38 heavy (non-hydrogen) atoms. The Morgan fingerprint density at radius 3 is 2.26 bits per heavy atom. The fourth-order valence-electron chi connectivity index (χ4n) is 4.09. The van der Waals surface area contributed by atoms with Gasteiger partial charge in [-0.05, 0) is 82.5 Å². The highest BCUT2D eigenvalue weighted by Gasteiger charge is 2.26. The third kappa shape index (κ3) is 6.33. The lowest BCUT2D eigenvalue weighted by Crippen LogP contribution is -2.12. The molecule has 3 aromatic carbocycles. The lowest BCUT2D eigenvalue weighted by molar-refractivity contribution is -0.140. The Hall–Kier alpha value is -4.30. The summed E-state index contributed by atoms with van der Waals surface area (Å²) in [5.41, 5.74) is 4.99. The van der Waals surface area contributed by atoms with Crippen LogP contribution in [0.25, 0.3) is 11.1 Å². The third-order valence-corrected chi connectivity index (χ3v) is 6.82. The molecule has 7 nitrogen and oxygen atoms in total. The van der Waals surface area contributed by atoms with E-state index in [1.807, 2.05) is 36.4 Å². The van der Waals surface area contributed by atoms with Crippen molar-refractivity contribution in [3.05, 3.63) is 103 Å². The number of ether oxygens (including phenoxy) is 4. The molecule has 0 N–H and O–H groups in total. The average molecular weight is 531 g/mol. The highest BCUT2D eigenvalue weighted by molar-refractivity contribution is 8.14. The summed E-state index contributed by atoms with van der Waals surface area (Å²) in [6.07, 6.45) is 2.17. The molecule has 0 saturated heterocycles. The zero-order chi connectivity index (χ0) is 27.1. The first kappa shape index (κ1) is 26.8. The molecule has 0 heterocycles. The molecule has 1 atom stereocenters. The van der Waals surface area contributed by atoms with Gasteiger partial charge in [-0.3, -0.25) is 4.79 Å². The summed E-state index contributed by atoms with van der Waals surface area (Å²) in [5, 5.41) is -0.0818. The monoisotopic (exact) mass is 530 g/mol. The van der Waals surface area contributed by atoms with Gasteiger partial charge in [0.2, 0.25) is 5.12 Å². The second-order valence-electron chi connectivity index (χ2n) is 8.30.